The van der Waals surface area contributed by atoms with Crippen molar-refractivity contribution in [1.29, 1.82) is 5.26 Å². The lowest BCUT2D eigenvalue weighted by Crippen LogP contribution is -2.13. The van der Waals surface area contributed by atoms with Crippen LogP contribution < -0.4 is 0 Å². The molecule has 16 heavy (non-hydrogen) atoms. The molecule has 0 amide bonds. The van der Waals surface area contributed by atoms with Crippen LogP contribution in [0.3, 0.4) is 0 Å². The first kappa shape index (κ1) is 14.7. The molecule has 3 heteroatoms. The quantitative estimate of drug-likeness (QED) is 0.360. The van der Waals surface area contributed by atoms with Gasteiger partial charge in [0.1, 0.15) is 6.61 Å². The molecule has 90 valence electrons. The Labute approximate surface area is 98.1 Å². The van der Waals surface area contributed by atoms with Crippen molar-refractivity contribution in [1.82, 2.24) is 0 Å². The third kappa shape index (κ3) is 7.05. The maximum absolute atomic E-state index is 11.1. The van der Waals surface area contributed by atoms with E-state index in [0.29, 0.717) is 5.57 Å². The topological polar surface area (TPSA) is 50.1 Å². The van der Waals surface area contributed by atoms with Crippen molar-refractivity contribution in [2.45, 2.75) is 46.0 Å². The van der Waals surface area contributed by atoms with Crippen molar-refractivity contribution in [2.24, 2.45) is 5.92 Å². The maximum atomic E-state index is 11.1. The van der Waals surface area contributed by atoms with Gasteiger partial charge < -0.3 is 4.74 Å². The van der Waals surface area contributed by atoms with Crippen LogP contribution in [0, 0.1) is 17.2 Å². The third-order valence-corrected chi connectivity index (χ3v) is 2.35. The maximum Gasteiger partial charge on any atom is 0.333 e. The monoisotopic (exact) mass is 223 g/mol. The predicted octanol–water partition coefficient (Wildman–Crippen LogP) is 3.22. The van der Waals surface area contributed by atoms with E-state index in [1.807, 2.05) is 0 Å². The zero-order valence-electron chi connectivity index (χ0n) is 10.3. The molecule has 0 spiro atoms. The summed E-state index contributed by atoms with van der Waals surface area (Å²) in [5.74, 6) is -0.589. The van der Waals surface area contributed by atoms with Gasteiger partial charge in [-0.2, -0.15) is 5.26 Å². The van der Waals surface area contributed by atoms with Gasteiger partial charge in [0.25, 0.3) is 0 Å². The van der Waals surface area contributed by atoms with E-state index < -0.39 is 5.97 Å². The summed E-state index contributed by atoms with van der Waals surface area (Å²) in [7, 11) is 0. The normalized spacial score (nSPS) is 11.6. The number of esters is 1. The average molecular weight is 223 g/mol. The Morgan fingerprint density at radius 3 is 2.62 bits per heavy atom. The summed E-state index contributed by atoms with van der Waals surface area (Å²) in [5, 5.41) is 8.87. The van der Waals surface area contributed by atoms with Gasteiger partial charge in [-0.1, -0.05) is 39.2 Å². The Bertz CT molecular complexity index is 266. The van der Waals surface area contributed by atoms with E-state index in [0.717, 1.165) is 19.3 Å². The van der Waals surface area contributed by atoms with Crippen molar-refractivity contribution in [3.05, 3.63) is 12.2 Å². The first-order valence-electron chi connectivity index (χ1n) is 5.84. The Morgan fingerprint density at radius 1 is 1.44 bits per heavy atom. The molecule has 0 bridgehead atoms. The minimum absolute atomic E-state index is 0.180. The summed E-state index contributed by atoms with van der Waals surface area (Å²) >= 11 is 0. The van der Waals surface area contributed by atoms with Crippen LogP contribution in [-0.2, 0) is 9.53 Å². The number of ether oxygens (including phenoxy) is 1. The minimum atomic E-state index is -0.409. The van der Waals surface area contributed by atoms with Gasteiger partial charge in [0.2, 0.25) is 0 Å². The lowest BCUT2D eigenvalue weighted by Gasteiger charge is -2.09. The Hall–Kier alpha value is -1.30. The van der Waals surface area contributed by atoms with Gasteiger partial charge in [-0.05, 0) is 13.3 Å². The van der Waals surface area contributed by atoms with E-state index >= 15 is 0 Å². The molecule has 0 fully saturated rings. The molecule has 0 aliphatic carbocycles. The molecule has 0 aliphatic heterocycles. The largest absolute Gasteiger partial charge is 0.461 e. The highest BCUT2D eigenvalue weighted by molar-refractivity contribution is 5.86. The van der Waals surface area contributed by atoms with Gasteiger partial charge in [-0.15, -0.1) is 0 Å². The molecule has 0 aromatic heterocycles. The highest BCUT2D eigenvalue weighted by Crippen LogP contribution is 2.11. The number of hydrogen-bond donors (Lipinski definition) is 0. The number of unbranched alkanes of at least 4 members (excludes halogenated alkanes) is 3. The molecule has 1 atom stereocenters. The molecular formula is C13H21NO2. The highest BCUT2D eigenvalue weighted by Gasteiger charge is 2.11. The third-order valence-electron chi connectivity index (χ3n) is 2.35. The van der Waals surface area contributed by atoms with Gasteiger partial charge in [0.15, 0.2) is 0 Å². The molecule has 0 saturated heterocycles. The van der Waals surface area contributed by atoms with Gasteiger partial charge in [0.05, 0.1) is 12.0 Å². The number of nitrogens with zero attached hydrogens (tertiary/aromatic N) is 1. The van der Waals surface area contributed by atoms with Crippen molar-refractivity contribution < 1.29 is 9.53 Å². The Kier molecular flexibility index (Phi) is 8.24. The summed E-state index contributed by atoms with van der Waals surface area (Å²) < 4.78 is 4.95. The van der Waals surface area contributed by atoms with E-state index in [9.17, 15) is 4.79 Å². The number of carbonyl (C=O) groups is 1. The zero-order valence-corrected chi connectivity index (χ0v) is 10.3. The SMILES string of the molecule is C=C(C)C(=O)OCC(C#N)CCCCCC. The van der Waals surface area contributed by atoms with Crippen LogP contribution in [0.1, 0.15) is 46.0 Å². The summed E-state index contributed by atoms with van der Waals surface area (Å²) in [6.45, 7) is 7.43. The van der Waals surface area contributed by atoms with Crippen molar-refractivity contribution in [2.75, 3.05) is 6.61 Å². The molecule has 0 aromatic carbocycles. The first-order chi connectivity index (χ1) is 7.61. The Balaban J connectivity index is 3.72. The Morgan fingerprint density at radius 2 is 2.12 bits per heavy atom. The van der Waals surface area contributed by atoms with E-state index in [-0.39, 0.29) is 12.5 Å². The number of rotatable bonds is 8. The second kappa shape index (κ2) is 8.96. The molecule has 0 aliphatic rings. The van der Waals surface area contributed by atoms with Crippen LogP contribution in [0.15, 0.2) is 12.2 Å². The van der Waals surface area contributed by atoms with E-state index in [1.54, 1.807) is 6.92 Å². The molecule has 0 heterocycles. The lowest BCUT2D eigenvalue weighted by atomic mass is 10.0. The molecule has 0 rings (SSSR count). The van der Waals surface area contributed by atoms with E-state index in [2.05, 4.69) is 19.6 Å². The molecule has 0 radical (unpaired) electrons. The highest BCUT2D eigenvalue weighted by atomic mass is 16.5. The van der Waals surface area contributed by atoms with Gasteiger partial charge in [0, 0.05) is 5.57 Å². The minimum Gasteiger partial charge on any atom is -0.461 e. The van der Waals surface area contributed by atoms with Crippen molar-refractivity contribution in [3.8, 4) is 6.07 Å². The fourth-order valence-corrected chi connectivity index (χ4v) is 1.30. The van der Waals surface area contributed by atoms with Crippen LogP contribution in [-0.4, -0.2) is 12.6 Å². The fourth-order valence-electron chi connectivity index (χ4n) is 1.30. The number of carbonyl (C=O) groups excluding carboxylic acids is 1. The molecule has 0 saturated carbocycles. The van der Waals surface area contributed by atoms with Crippen LogP contribution in [0.5, 0.6) is 0 Å². The summed E-state index contributed by atoms with van der Waals surface area (Å²) in [6, 6.07) is 2.17. The van der Waals surface area contributed by atoms with Gasteiger partial charge in [-0.3, -0.25) is 0 Å². The average Bonchev–Trinajstić information content (AvgIpc) is 2.27. The standard InChI is InChI=1S/C13H21NO2/c1-4-5-6-7-8-12(9-14)10-16-13(15)11(2)3/h12H,2,4-8,10H2,1,3H3. The van der Waals surface area contributed by atoms with E-state index in [1.165, 1.54) is 12.8 Å². The van der Waals surface area contributed by atoms with Crippen LogP contribution in [0.2, 0.25) is 0 Å². The lowest BCUT2D eigenvalue weighted by molar-refractivity contribution is -0.139. The van der Waals surface area contributed by atoms with Gasteiger partial charge in [-0.25, -0.2) is 4.79 Å². The van der Waals surface area contributed by atoms with Crippen LogP contribution in [0.4, 0.5) is 0 Å². The predicted molar refractivity (Wildman–Crippen MR) is 63.6 cm³/mol. The van der Waals surface area contributed by atoms with E-state index in [4.69, 9.17) is 10.00 Å². The van der Waals surface area contributed by atoms with Crippen LogP contribution >= 0.6 is 0 Å². The molecule has 0 aromatic rings. The fraction of sp³-hybridized carbons (Fsp3) is 0.692. The molecule has 1 unspecified atom stereocenters. The second-order valence-electron chi connectivity index (χ2n) is 4.05. The number of nitriles is 1. The number of hydrogen-bond acceptors (Lipinski definition) is 3. The van der Waals surface area contributed by atoms with Crippen molar-refractivity contribution in [3.63, 3.8) is 0 Å². The first-order valence-corrected chi connectivity index (χ1v) is 5.84. The molecule has 0 N–H and O–H groups in total. The summed E-state index contributed by atoms with van der Waals surface area (Å²) in [4.78, 5) is 11.1. The molecular weight excluding hydrogens is 202 g/mol. The van der Waals surface area contributed by atoms with Crippen LogP contribution in [0.25, 0.3) is 0 Å². The van der Waals surface area contributed by atoms with Gasteiger partial charge >= 0.3 is 5.97 Å². The summed E-state index contributed by atoms with van der Waals surface area (Å²) in [5.41, 5.74) is 0.377. The molecule has 3 nitrogen and oxygen atoms in total. The summed E-state index contributed by atoms with van der Waals surface area (Å²) in [6.07, 6.45) is 5.35. The second-order valence-corrected chi connectivity index (χ2v) is 4.05. The zero-order chi connectivity index (χ0) is 12.4. The van der Waals surface area contributed by atoms with Crippen molar-refractivity contribution >= 4 is 5.97 Å². The smallest absolute Gasteiger partial charge is 0.333 e.